The smallest absolute Gasteiger partial charge is 0.189 e. The number of methoxy groups -OCH3 is 1. The molecule has 0 atom stereocenters. The Balaban J connectivity index is 1.46. The minimum atomic E-state index is -0.484. The molecule has 1 heterocycles. The maximum absolute atomic E-state index is 6.15. The molecule has 0 bridgehead atoms. The Kier molecular flexibility index (Phi) is 6.93. The Bertz CT molecular complexity index is 1220. The van der Waals surface area contributed by atoms with Crippen molar-refractivity contribution in [1.82, 2.24) is 10.9 Å². The topological polar surface area (TPSA) is 63.8 Å². The van der Waals surface area contributed by atoms with Crippen LogP contribution >= 0.6 is 12.2 Å². The van der Waals surface area contributed by atoms with Gasteiger partial charge in [0.25, 0.3) is 0 Å². The molecule has 0 spiro atoms. The van der Waals surface area contributed by atoms with Gasteiger partial charge in [-0.2, -0.15) is 0 Å². The van der Waals surface area contributed by atoms with Crippen molar-refractivity contribution >= 4 is 28.7 Å². The molecule has 1 aliphatic heterocycles. The molecule has 6 nitrogen and oxygen atoms in total. The minimum Gasteiger partial charge on any atom is -0.497 e. The van der Waals surface area contributed by atoms with Crippen LogP contribution in [0.1, 0.15) is 30.5 Å². The number of anilines is 1. The summed E-state index contributed by atoms with van der Waals surface area (Å²) in [6.45, 7) is 6.59. The fourth-order valence-corrected chi connectivity index (χ4v) is 3.83. The largest absolute Gasteiger partial charge is 0.497 e. The van der Waals surface area contributed by atoms with Gasteiger partial charge in [0, 0.05) is 17.3 Å². The van der Waals surface area contributed by atoms with E-state index in [1.807, 2.05) is 74.5 Å². The number of ether oxygens (including phenoxy) is 3. The maximum Gasteiger partial charge on any atom is 0.189 e. The lowest BCUT2D eigenvalue weighted by Crippen LogP contribution is -2.41. The van der Waals surface area contributed by atoms with Gasteiger partial charge in [0.05, 0.1) is 12.8 Å². The second-order valence-corrected chi connectivity index (χ2v) is 8.98. The van der Waals surface area contributed by atoms with E-state index in [9.17, 15) is 0 Å². The summed E-state index contributed by atoms with van der Waals surface area (Å²) in [5, 5.41) is 3.57. The lowest BCUT2D eigenvalue weighted by molar-refractivity contribution is 0.157. The van der Waals surface area contributed by atoms with Crippen molar-refractivity contribution in [2.45, 2.75) is 33.0 Å². The molecular weight excluding hydrogens is 446 g/mol. The van der Waals surface area contributed by atoms with Crippen molar-refractivity contribution in [3.05, 3.63) is 89.5 Å². The Morgan fingerprint density at radius 2 is 1.82 bits per heavy atom. The SMILES string of the molecule is COc1cccc(NC(=S)NNC2=CC(C)(C)Oc3ccc(OCc4ccccc4C)cc32)c1. The first-order chi connectivity index (χ1) is 16.3. The van der Waals surface area contributed by atoms with Crippen LogP contribution in [0.25, 0.3) is 5.70 Å². The number of rotatable bonds is 7. The first kappa shape index (κ1) is 23.4. The highest BCUT2D eigenvalue weighted by atomic mass is 32.1. The van der Waals surface area contributed by atoms with E-state index >= 15 is 0 Å². The van der Waals surface area contributed by atoms with Gasteiger partial charge in [-0.1, -0.05) is 30.3 Å². The summed E-state index contributed by atoms with van der Waals surface area (Å²) < 4.78 is 17.5. The lowest BCUT2D eigenvalue weighted by Gasteiger charge is -2.32. The van der Waals surface area contributed by atoms with Crippen LogP contribution in [0.15, 0.2) is 72.8 Å². The second kappa shape index (κ2) is 10.1. The van der Waals surface area contributed by atoms with E-state index < -0.39 is 5.60 Å². The van der Waals surface area contributed by atoms with Gasteiger partial charge in [-0.15, -0.1) is 0 Å². The summed E-state index contributed by atoms with van der Waals surface area (Å²) in [7, 11) is 1.63. The van der Waals surface area contributed by atoms with E-state index in [0.717, 1.165) is 39.8 Å². The zero-order valence-electron chi connectivity index (χ0n) is 19.8. The number of nitrogens with one attached hydrogen (secondary N) is 3. The molecule has 0 saturated heterocycles. The Labute approximate surface area is 205 Å². The van der Waals surface area contributed by atoms with E-state index in [0.29, 0.717) is 11.7 Å². The fourth-order valence-electron chi connectivity index (χ4n) is 3.66. The molecule has 3 aromatic carbocycles. The number of fused-ring (bicyclic) bond motifs is 1. The average Bonchev–Trinajstić information content (AvgIpc) is 2.81. The summed E-state index contributed by atoms with van der Waals surface area (Å²) in [4.78, 5) is 0. The third kappa shape index (κ3) is 5.80. The predicted octanol–water partition coefficient (Wildman–Crippen LogP) is 5.59. The fraction of sp³-hybridized carbons (Fsp3) is 0.222. The van der Waals surface area contributed by atoms with Crippen molar-refractivity contribution in [2.75, 3.05) is 12.4 Å². The van der Waals surface area contributed by atoms with Crippen molar-refractivity contribution in [3.63, 3.8) is 0 Å². The van der Waals surface area contributed by atoms with Crippen LogP contribution in [0, 0.1) is 6.92 Å². The summed E-state index contributed by atoms with van der Waals surface area (Å²) in [6.07, 6.45) is 2.02. The predicted molar refractivity (Wildman–Crippen MR) is 140 cm³/mol. The van der Waals surface area contributed by atoms with E-state index in [-0.39, 0.29) is 0 Å². The summed E-state index contributed by atoms with van der Waals surface area (Å²) >= 11 is 5.46. The normalized spacial score (nSPS) is 13.6. The Hall–Kier alpha value is -3.71. The quantitative estimate of drug-likeness (QED) is 0.304. The van der Waals surface area contributed by atoms with Crippen molar-refractivity contribution in [1.29, 1.82) is 0 Å². The van der Waals surface area contributed by atoms with E-state index in [1.165, 1.54) is 5.56 Å². The zero-order chi connectivity index (χ0) is 24.1. The molecule has 0 aliphatic carbocycles. The summed E-state index contributed by atoms with van der Waals surface area (Å²) in [6, 6.07) is 21.6. The van der Waals surface area contributed by atoms with Gasteiger partial charge in [0.15, 0.2) is 5.11 Å². The van der Waals surface area contributed by atoms with Crippen LogP contribution in [-0.2, 0) is 6.61 Å². The summed E-state index contributed by atoms with van der Waals surface area (Å²) in [5.74, 6) is 2.28. The molecule has 0 aromatic heterocycles. The van der Waals surface area contributed by atoms with Gasteiger partial charge < -0.3 is 19.5 Å². The molecule has 3 aromatic rings. The number of aryl methyl sites for hydroxylation is 1. The molecule has 3 N–H and O–H groups in total. The third-order valence-electron chi connectivity index (χ3n) is 5.40. The Morgan fingerprint density at radius 1 is 1.00 bits per heavy atom. The van der Waals surface area contributed by atoms with Gasteiger partial charge in [-0.3, -0.25) is 10.9 Å². The summed E-state index contributed by atoms with van der Waals surface area (Å²) in [5.41, 5.74) is 10.7. The average molecular weight is 476 g/mol. The number of hydrogen-bond acceptors (Lipinski definition) is 5. The first-order valence-electron chi connectivity index (χ1n) is 11.0. The molecule has 7 heteroatoms. The highest BCUT2D eigenvalue weighted by molar-refractivity contribution is 7.80. The number of hydrazine groups is 1. The second-order valence-electron chi connectivity index (χ2n) is 8.57. The van der Waals surface area contributed by atoms with Crippen LogP contribution in [0.5, 0.6) is 17.2 Å². The molecule has 0 radical (unpaired) electrons. The number of thiocarbonyl (C=S) groups is 1. The molecule has 1 aliphatic rings. The Morgan fingerprint density at radius 3 is 2.62 bits per heavy atom. The molecule has 0 unspecified atom stereocenters. The molecule has 4 rings (SSSR count). The number of hydrogen-bond donors (Lipinski definition) is 3. The van der Waals surface area contributed by atoms with E-state index in [1.54, 1.807) is 7.11 Å². The van der Waals surface area contributed by atoms with Crippen molar-refractivity contribution < 1.29 is 14.2 Å². The van der Waals surface area contributed by atoms with E-state index in [4.69, 9.17) is 26.4 Å². The molecular formula is C27H29N3O3S. The minimum absolute atomic E-state index is 0.423. The van der Waals surface area contributed by atoms with Crippen LogP contribution in [-0.4, -0.2) is 17.8 Å². The molecule has 0 fully saturated rings. The number of benzene rings is 3. The monoisotopic (exact) mass is 475 g/mol. The van der Waals surface area contributed by atoms with Gasteiger partial charge in [0.1, 0.15) is 29.5 Å². The highest BCUT2D eigenvalue weighted by Gasteiger charge is 2.27. The lowest BCUT2D eigenvalue weighted by atomic mass is 9.99. The van der Waals surface area contributed by atoms with Crippen LogP contribution in [0.3, 0.4) is 0 Å². The molecule has 0 amide bonds. The van der Waals surface area contributed by atoms with Crippen LogP contribution in [0.2, 0.25) is 0 Å². The van der Waals surface area contributed by atoms with Crippen molar-refractivity contribution in [3.8, 4) is 17.2 Å². The first-order valence-corrected chi connectivity index (χ1v) is 11.4. The van der Waals surface area contributed by atoms with Gasteiger partial charge in [0.2, 0.25) is 0 Å². The van der Waals surface area contributed by atoms with Crippen LogP contribution in [0.4, 0.5) is 5.69 Å². The molecule has 34 heavy (non-hydrogen) atoms. The van der Waals surface area contributed by atoms with Crippen molar-refractivity contribution in [2.24, 2.45) is 0 Å². The van der Waals surface area contributed by atoms with Gasteiger partial charge >= 0.3 is 0 Å². The standard InChI is InChI=1S/C27H29N3O3S/c1-18-8-5-6-9-19(18)17-32-22-12-13-25-23(15-22)24(16-27(2,3)33-25)29-30-26(34)28-20-10-7-11-21(14-20)31-4/h5-16,29H,17H2,1-4H3,(H2,28,30,34). The highest BCUT2D eigenvalue weighted by Crippen LogP contribution is 2.37. The molecule has 0 saturated carbocycles. The molecule has 176 valence electrons. The third-order valence-corrected chi connectivity index (χ3v) is 5.60. The maximum atomic E-state index is 6.15. The zero-order valence-corrected chi connectivity index (χ0v) is 20.6. The van der Waals surface area contributed by atoms with Gasteiger partial charge in [-0.25, -0.2) is 0 Å². The van der Waals surface area contributed by atoms with E-state index in [2.05, 4.69) is 35.2 Å². The van der Waals surface area contributed by atoms with Crippen LogP contribution < -0.4 is 30.4 Å². The van der Waals surface area contributed by atoms with Gasteiger partial charge in [-0.05, 0) is 80.5 Å².